The molecular formula is C13H26N4O3. The van der Waals surface area contributed by atoms with Gasteiger partial charge in [-0.15, -0.1) is 0 Å². The number of rotatable bonds is 6. The number of nitrogens with two attached hydrogens (primary N) is 1. The fourth-order valence-electron chi connectivity index (χ4n) is 2.16. The molecule has 116 valence electrons. The summed E-state index contributed by atoms with van der Waals surface area (Å²) in [5.41, 5.74) is 4.62. The van der Waals surface area contributed by atoms with Crippen molar-refractivity contribution in [2.45, 2.75) is 33.3 Å². The van der Waals surface area contributed by atoms with E-state index in [1.54, 1.807) is 6.92 Å². The Morgan fingerprint density at radius 1 is 1.60 bits per heavy atom. The summed E-state index contributed by atoms with van der Waals surface area (Å²) in [4.78, 5) is 14.5. The van der Waals surface area contributed by atoms with E-state index in [1.807, 2.05) is 6.92 Å². The van der Waals surface area contributed by atoms with Gasteiger partial charge in [0.2, 0.25) is 5.91 Å². The molecule has 0 saturated carbocycles. The second-order valence-corrected chi connectivity index (χ2v) is 5.27. The highest BCUT2D eigenvalue weighted by Gasteiger charge is 2.36. The number of nitrogens with one attached hydrogen (secondary N) is 1. The van der Waals surface area contributed by atoms with Gasteiger partial charge in [0.25, 0.3) is 0 Å². The maximum atomic E-state index is 12.2. The van der Waals surface area contributed by atoms with Crippen LogP contribution >= 0.6 is 0 Å². The minimum absolute atomic E-state index is 0.0129. The topological polar surface area (TPSA) is 100 Å². The standard InChI is InChI=1S/C13H26N4O3/c1-4-13(3,11(14)16-19)12(18)15-8-10-9-17(5-2)6-7-20-10/h10,19H,4-9H2,1-3H3,(H2,14,16)(H,15,18). The van der Waals surface area contributed by atoms with E-state index in [0.29, 0.717) is 19.6 Å². The van der Waals surface area contributed by atoms with Gasteiger partial charge in [0, 0.05) is 19.6 Å². The second-order valence-electron chi connectivity index (χ2n) is 5.27. The van der Waals surface area contributed by atoms with Gasteiger partial charge < -0.3 is 21.0 Å². The minimum Gasteiger partial charge on any atom is -0.409 e. The van der Waals surface area contributed by atoms with Crippen molar-refractivity contribution in [2.24, 2.45) is 16.3 Å². The van der Waals surface area contributed by atoms with Crippen molar-refractivity contribution in [2.75, 3.05) is 32.8 Å². The lowest BCUT2D eigenvalue weighted by Gasteiger charge is -2.33. The quantitative estimate of drug-likeness (QED) is 0.276. The van der Waals surface area contributed by atoms with Crippen LogP contribution in [0.1, 0.15) is 27.2 Å². The van der Waals surface area contributed by atoms with Crippen LogP contribution in [0.4, 0.5) is 0 Å². The van der Waals surface area contributed by atoms with Crippen molar-refractivity contribution < 1.29 is 14.7 Å². The highest BCUT2D eigenvalue weighted by molar-refractivity contribution is 6.06. The Morgan fingerprint density at radius 3 is 2.85 bits per heavy atom. The molecule has 0 bridgehead atoms. The number of likely N-dealkylation sites (N-methyl/N-ethyl adjacent to an activating group) is 1. The Kier molecular flexibility index (Phi) is 6.22. The second kappa shape index (κ2) is 7.44. The van der Waals surface area contributed by atoms with Gasteiger partial charge >= 0.3 is 0 Å². The molecule has 1 amide bonds. The fourth-order valence-corrected chi connectivity index (χ4v) is 2.16. The zero-order chi connectivity index (χ0) is 15.2. The summed E-state index contributed by atoms with van der Waals surface area (Å²) in [6.07, 6.45) is 0.447. The zero-order valence-electron chi connectivity index (χ0n) is 12.6. The summed E-state index contributed by atoms with van der Waals surface area (Å²) in [6.45, 7) is 9.42. The zero-order valence-corrected chi connectivity index (χ0v) is 12.6. The number of ether oxygens (including phenoxy) is 1. The molecule has 0 aromatic heterocycles. The van der Waals surface area contributed by atoms with Gasteiger partial charge in [-0.1, -0.05) is 19.0 Å². The molecule has 2 unspecified atom stereocenters. The average Bonchev–Trinajstić information content (AvgIpc) is 2.50. The third-order valence-corrected chi connectivity index (χ3v) is 4.04. The van der Waals surface area contributed by atoms with Crippen molar-refractivity contribution in [1.82, 2.24) is 10.2 Å². The van der Waals surface area contributed by atoms with Crippen LogP contribution in [-0.4, -0.2) is 60.7 Å². The molecule has 7 nitrogen and oxygen atoms in total. The monoisotopic (exact) mass is 286 g/mol. The molecule has 7 heteroatoms. The maximum Gasteiger partial charge on any atom is 0.233 e. The van der Waals surface area contributed by atoms with E-state index >= 15 is 0 Å². The molecular weight excluding hydrogens is 260 g/mol. The summed E-state index contributed by atoms with van der Waals surface area (Å²) in [6, 6.07) is 0. The molecule has 1 rings (SSSR count). The first-order valence-corrected chi connectivity index (χ1v) is 7.08. The lowest BCUT2D eigenvalue weighted by molar-refractivity contribution is -0.128. The van der Waals surface area contributed by atoms with Crippen LogP contribution in [0.2, 0.25) is 0 Å². The molecule has 0 aliphatic carbocycles. The number of morpholine rings is 1. The van der Waals surface area contributed by atoms with Crippen LogP contribution in [0.5, 0.6) is 0 Å². The first-order chi connectivity index (χ1) is 9.47. The predicted octanol–water partition coefficient (Wildman–Crippen LogP) is -0.0140. The summed E-state index contributed by atoms with van der Waals surface area (Å²) in [5, 5.41) is 14.6. The molecule has 0 aromatic rings. The van der Waals surface area contributed by atoms with Crippen LogP contribution in [0.15, 0.2) is 5.16 Å². The Bertz CT molecular complexity index is 362. The normalized spacial score (nSPS) is 24.1. The van der Waals surface area contributed by atoms with E-state index in [4.69, 9.17) is 15.7 Å². The van der Waals surface area contributed by atoms with E-state index < -0.39 is 5.41 Å². The molecule has 0 aromatic carbocycles. The van der Waals surface area contributed by atoms with Gasteiger partial charge in [0.1, 0.15) is 5.41 Å². The lowest BCUT2D eigenvalue weighted by atomic mass is 9.85. The third kappa shape index (κ3) is 3.83. The highest BCUT2D eigenvalue weighted by Crippen LogP contribution is 2.21. The Morgan fingerprint density at radius 2 is 2.30 bits per heavy atom. The molecule has 20 heavy (non-hydrogen) atoms. The molecule has 1 saturated heterocycles. The average molecular weight is 286 g/mol. The van der Waals surface area contributed by atoms with Crippen LogP contribution in [0.25, 0.3) is 0 Å². The molecule has 1 fully saturated rings. The maximum absolute atomic E-state index is 12.2. The number of hydrogen-bond acceptors (Lipinski definition) is 5. The van der Waals surface area contributed by atoms with Gasteiger partial charge in [-0.05, 0) is 19.9 Å². The highest BCUT2D eigenvalue weighted by atomic mass is 16.5. The molecule has 2 atom stereocenters. The number of hydrogen-bond donors (Lipinski definition) is 3. The molecule has 1 heterocycles. The van der Waals surface area contributed by atoms with Crippen molar-refractivity contribution in [3.8, 4) is 0 Å². The lowest BCUT2D eigenvalue weighted by Crippen LogP contribution is -2.52. The SMILES string of the molecule is CCN1CCOC(CNC(=O)C(C)(CC)C(N)=NO)C1. The van der Waals surface area contributed by atoms with E-state index in [1.165, 1.54) is 0 Å². The Labute approximate surface area is 120 Å². The minimum atomic E-state index is -0.992. The van der Waals surface area contributed by atoms with Gasteiger partial charge in [-0.2, -0.15) is 0 Å². The summed E-state index contributed by atoms with van der Waals surface area (Å²) in [7, 11) is 0. The van der Waals surface area contributed by atoms with Crippen LogP contribution in [-0.2, 0) is 9.53 Å². The van der Waals surface area contributed by atoms with E-state index in [2.05, 4.69) is 22.3 Å². The number of carbonyl (C=O) groups excluding carboxylic acids is 1. The summed E-state index contributed by atoms with van der Waals surface area (Å²) in [5.74, 6) is -0.315. The molecule has 0 radical (unpaired) electrons. The van der Waals surface area contributed by atoms with E-state index in [9.17, 15) is 4.79 Å². The van der Waals surface area contributed by atoms with Crippen LogP contribution in [0, 0.1) is 5.41 Å². The predicted molar refractivity (Wildman–Crippen MR) is 76.7 cm³/mol. The Hall–Kier alpha value is -1.34. The van der Waals surface area contributed by atoms with Crippen molar-refractivity contribution in [3.05, 3.63) is 0 Å². The Balaban J connectivity index is 2.53. The van der Waals surface area contributed by atoms with Gasteiger partial charge in [-0.25, -0.2) is 0 Å². The molecule has 0 spiro atoms. The van der Waals surface area contributed by atoms with Crippen molar-refractivity contribution >= 4 is 11.7 Å². The number of carbonyl (C=O) groups is 1. The molecule has 1 aliphatic rings. The van der Waals surface area contributed by atoms with Crippen LogP contribution < -0.4 is 11.1 Å². The smallest absolute Gasteiger partial charge is 0.233 e. The van der Waals surface area contributed by atoms with Gasteiger partial charge in [-0.3, -0.25) is 9.69 Å². The third-order valence-electron chi connectivity index (χ3n) is 4.04. The number of nitrogens with zero attached hydrogens (tertiary/aromatic N) is 2. The summed E-state index contributed by atoms with van der Waals surface area (Å²) < 4.78 is 5.63. The molecule has 1 aliphatic heterocycles. The van der Waals surface area contributed by atoms with Gasteiger partial charge in [0.05, 0.1) is 12.7 Å². The summed E-state index contributed by atoms with van der Waals surface area (Å²) >= 11 is 0. The number of amides is 1. The fraction of sp³-hybridized carbons (Fsp3) is 0.846. The largest absolute Gasteiger partial charge is 0.409 e. The van der Waals surface area contributed by atoms with E-state index in [0.717, 1.165) is 19.6 Å². The number of amidine groups is 1. The van der Waals surface area contributed by atoms with Crippen LogP contribution in [0.3, 0.4) is 0 Å². The first kappa shape index (κ1) is 16.7. The molecule has 4 N–H and O–H groups in total. The van der Waals surface area contributed by atoms with Crippen molar-refractivity contribution in [1.29, 1.82) is 0 Å². The first-order valence-electron chi connectivity index (χ1n) is 7.08. The van der Waals surface area contributed by atoms with E-state index in [-0.39, 0.29) is 17.8 Å². The van der Waals surface area contributed by atoms with Gasteiger partial charge in [0.15, 0.2) is 5.84 Å². The van der Waals surface area contributed by atoms with Crippen molar-refractivity contribution in [3.63, 3.8) is 0 Å². The number of oxime groups is 1.